The average molecular weight is 408 g/mol. The Hall–Kier alpha value is -3.22. The van der Waals surface area contributed by atoms with Crippen molar-refractivity contribution in [3.63, 3.8) is 0 Å². The highest BCUT2D eigenvalue weighted by Gasteiger charge is 2.39. The minimum atomic E-state index is -0.949. The van der Waals surface area contributed by atoms with Gasteiger partial charge in [-0.3, -0.25) is 4.79 Å². The minimum absolute atomic E-state index is 0.132. The lowest BCUT2D eigenvalue weighted by Crippen LogP contribution is -2.50. The largest absolute Gasteiger partial charge is 0.476 e. The van der Waals surface area contributed by atoms with Crippen LogP contribution in [0.3, 0.4) is 0 Å². The maximum Gasteiger partial charge on any atom is 0.270 e. The van der Waals surface area contributed by atoms with Crippen LogP contribution >= 0.6 is 0 Å². The molecule has 7 heteroatoms. The van der Waals surface area contributed by atoms with E-state index >= 15 is 0 Å². The Labute approximate surface area is 175 Å². The van der Waals surface area contributed by atoms with Crippen LogP contribution in [0.5, 0.6) is 5.75 Å². The van der Waals surface area contributed by atoms with Crippen molar-refractivity contribution < 1.29 is 13.9 Å². The Bertz CT molecular complexity index is 1180. The summed E-state index contributed by atoms with van der Waals surface area (Å²) in [6.45, 7) is 8.93. The van der Waals surface area contributed by atoms with Crippen molar-refractivity contribution in [2.24, 2.45) is 0 Å². The number of aromatic nitrogens is 2. The zero-order valence-electron chi connectivity index (χ0n) is 18.0. The van der Waals surface area contributed by atoms with Gasteiger partial charge in [0.15, 0.2) is 5.60 Å². The number of carbonyl (C=O) groups excluding carboxylic acids is 1. The maximum atomic E-state index is 14.6. The summed E-state index contributed by atoms with van der Waals surface area (Å²) in [7, 11) is 1.73. The molecule has 0 saturated heterocycles. The quantitative estimate of drug-likeness (QED) is 0.681. The molecule has 0 spiro atoms. The van der Waals surface area contributed by atoms with Gasteiger partial charge in [0.2, 0.25) is 0 Å². The third kappa shape index (κ3) is 3.24. The van der Waals surface area contributed by atoms with Crippen LogP contribution in [0, 0.1) is 19.7 Å². The number of ether oxygens (including phenoxy) is 1. The molecule has 1 aliphatic heterocycles. The van der Waals surface area contributed by atoms with Crippen molar-refractivity contribution in [1.29, 1.82) is 0 Å². The van der Waals surface area contributed by atoms with Crippen LogP contribution in [0.4, 0.5) is 15.9 Å². The van der Waals surface area contributed by atoms with Crippen molar-refractivity contribution in [2.45, 2.75) is 46.3 Å². The molecule has 0 aliphatic carbocycles. The molecule has 156 valence electrons. The number of aryl methyl sites for hydroxylation is 2. The van der Waals surface area contributed by atoms with E-state index < -0.39 is 5.60 Å². The lowest BCUT2D eigenvalue weighted by Gasteiger charge is -2.37. The van der Waals surface area contributed by atoms with E-state index in [2.05, 4.69) is 15.3 Å². The molecule has 0 radical (unpaired) electrons. The Morgan fingerprint density at radius 2 is 1.93 bits per heavy atom. The summed E-state index contributed by atoms with van der Waals surface area (Å²) in [4.78, 5) is 23.3. The first kappa shape index (κ1) is 20.1. The van der Waals surface area contributed by atoms with E-state index in [1.807, 2.05) is 32.0 Å². The first-order chi connectivity index (χ1) is 14.1. The molecule has 1 N–H and O–H groups in total. The first-order valence-electron chi connectivity index (χ1n) is 9.89. The van der Waals surface area contributed by atoms with Gasteiger partial charge in [0.25, 0.3) is 5.91 Å². The lowest BCUT2D eigenvalue weighted by molar-refractivity contribution is -0.132. The molecule has 4 rings (SSSR count). The SMILES string of the molecule is Cc1nc(N[C@H](C)c2cccc(C)c2F)c2cc3c(cc2n1)OC(C)(C)C(=O)N3C. The summed E-state index contributed by atoms with van der Waals surface area (Å²) in [6.07, 6.45) is 0. The summed E-state index contributed by atoms with van der Waals surface area (Å²) in [5.41, 5.74) is 1.56. The molecular weight excluding hydrogens is 383 g/mol. The Morgan fingerprint density at radius 3 is 2.67 bits per heavy atom. The molecule has 3 aromatic rings. The number of anilines is 2. The normalized spacial score (nSPS) is 16.2. The zero-order chi connectivity index (χ0) is 21.8. The van der Waals surface area contributed by atoms with Crippen LogP contribution in [0.1, 0.15) is 43.8 Å². The molecule has 2 aromatic carbocycles. The van der Waals surface area contributed by atoms with Gasteiger partial charge in [0.05, 0.1) is 17.2 Å². The summed E-state index contributed by atoms with van der Waals surface area (Å²) >= 11 is 0. The van der Waals surface area contributed by atoms with Gasteiger partial charge in [-0.15, -0.1) is 0 Å². The van der Waals surface area contributed by atoms with Crippen molar-refractivity contribution in [3.8, 4) is 5.75 Å². The van der Waals surface area contributed by atoms with Gasteiger partial charge in [-0.25, -0.2) is 14.4 Å². The fourth-order valence-electron chi connectivity index (χ4n) is 3.83. The maximum absolute atomic E-state index is 14.6. The second-order valence-corrected chi connectivity index (χ2v) is 8.28. The highest BCUT2D eigenvalue weighted by atomic mass is 19.1. The molecular formula is C23H25FN4O2. The molecule has 0 fully saturated rings. The van der Waals surface area contributed by atoms with Gasteiger partial charge >= 0.3 is 0 Å². The fraction of sp³-hybridized carbons (Fsp3) is 0.348. The van der Waals surface area contributed by atoms with Gasteiger partial charge in [-0.05, 0) is 46.2 Å². The summed E-state index contributed by atoms with van der Waals surface area (Å²) in [6, 6.07) is 8.71. The first-order valence-corrected chi connectivity index (χ1v) is 9.89. The van der Waals surface area contributed by atoms with Crippen LogP contribution < -0.4 is 15.0 Å². The Kier molecular flexibility index (Phi) is 4.64. The monoisotopic (exact) mass is 408 g/mol. The number of nitrogens with zero attached hydrogens (tertiary/aromatic N) is 3. The van der Waals surface area contributed by atoms with Crippen LogP contribution in [-0.4, -0.2) is 28.5 Å². The highest BCUT2D eigenvalue weighted by molar-refractivity contribution is 6.05. The van der Waals surface area contributed by atoms with E-state index in [1.165, 1.54) is 0 Å². The third-order valence-electron chi connectivity index (χ3n) is 5.48. The second kappa shape index (κ2) is 6.93. The number of fused-ring (bicyclic) bond motifs is 2. The Balaban J connectivity index is 1.81. The van der Waals surface area contributed by atoms with Crippen molar-refractivity contribution in [1.82, 2.24) is 9.97 Å². The Morgan fingerprint density at radius 1 is 1.20 bits per heavy atom. The lowest BCUT2D eigenvalue weighted by atomic mass is 10.0. The number of benzene rings is 2. The summed E-state index contributed by atoms with van der Waals surface area (Å²) in [5.74, 6) is 1.40. The van der Waals surface area contributed by atoms with Crippen LogP contribution in [0.2, 0.25) is 0 Å². The van der Waals surface area contributed by atoms with Gasteiger partial charge in [-0.2, -0.15) is 0 Å². The standard InChI is InChI=1S/C23H25FN4O2/c1-12-8-7-9-15(20(12)24)13(2)25-21-16-10-18-19(11-17(16)26-14(3)27-21)30-23(4,5)22(29)28(18)6/h7-11,13H,1-6H3,(H,25,26,27)/t13-/m1/s1. The van der Waals surface area contributed by atoms with Crippen molar-refractivity contribution in [2.75, 3.05) is 17.3 Å². The van der Waals surface area contributed by atoms with E-state index in [0.717, 1.165) is 5.39 Å². The van der Waals surface area contributed by atoms with E-state index in [-0.39, 0.29) is 17.8 Å². The minimum Gasteiger partial charge on any atom is -0.476 e. The average Bonchev–Trinajstić information content (AvgIpc) is 2.67. The number of likely N-dealkylation sites (N-methyl/N-ethyl adjacent to an activating group) is 1. The van der Waals surface area contributed by atoms with Gasteiger partial charge in [-0.1, -0.05) is 18.2 Å². The molecule has 30 heavy (non-hydrogen) atoms. The molecule has 1 amide bonds. The van der Waals surface area contributed by atoms with Gasteiger partial charge < -0.3 is 15.0 Å². The number of amides is 1. The van der Waals surface area contributed by atoms with Crippen LogP contribution in [0.15, 0.2) is 30.3 Å². The third-order valence-corrected chi connectivity index (χ3v) is 5.48. The zero-order valence-corrected chi connectivity index (χ0v) is 18.0. The number of hydrogen-bond acceptors (Lipinski definition) is 5. The van der Waals surface area contributed by atoms with Gasteiger partial charge in [0.1, 0.15) is 23.2 Å². The predicted octanol–water partition coefficient (Wildman–Crippen LogP) is 4.69. The van der Waals surface area contributed by atoms with Crippen molar-refractivity contribution in [3.05, 3.63) is 53.1 Å². The number of nitrogens with one attached hydrogen (secondary N) is 1. The smallest absolute Gasteiger partial charge is 0.270 e. The van der Waals surface area contributed by atoms with Crippen molar-refractivity contribution >= 4 is 28.3 Å². The van der Waals surface area contributed by atoms with E-state index in [4.69, 9.17) is 4.74 Å². The molecule has 1 aromatic heterocycles. The molecule has 0 unspecified atom stereocenters. The molecule has 1 atom stereocenters. The van der Waals surface area contributed by atoms with E-state index in [1.54, 1.807) is 44.9 Å². The predicted molar refractivity (Wildman–Crippen MR) is 116 cm³/mol. The number of carbonyl (C=O) groups is 1. The second-order valence-electron chi connectivity index (χ2n) is 8.28. The van der Waals surface area contributed by atoms with E-state index in [9.17, 15) is 9.18 Å². The van der Waals surface area contributed by atoms with Crippen LogP contribution in [0.25, 0.3) is 10.9 Å². The van der Waals surface area contributed by atoms with Crippen LogP contribution in [-0.2, 0) is 4.79 Å². The summed E-state index contributed by atoms with van der Waals surface area (Å²) < 4.78 is 20.6. The highest BCUT2D eigenvalue weighted by Crippen LogP contribution is 2.41. The fourth-order valence-corrected chi connectivity index (χ4v) is 3.83. The molecule has 1 aliphatic rings. The summed E-state index contributed by atoms with van der Waals surface area (Å²) in [5, 5.41) is 4.06. The number of hydrogen-bond donors (Lipinski definition) is 1. The molecule has 0 saturated carbocycles. The topological polar surface area (TPSA) is 67.4 Å². The molecule has 2 heterocycles. The number of halogens is 1. The molecule has 0 bridgehead atoms. The molecule has 6 nitrogen and oxygen atoms in total. The van der Waals surface area contributed by atoms with E-state index in [0.29, 0.717) is 39.7 Å². The van der Waals surface area contributed by atoms with Gasteiger partial charge in [0, 0.05) is 24.1 Å². The number of rotatable bonds is 3.